The summed E-state index contributed by atoms with van der Waals surface area (Å²) < 4.78 is 15.0. The Labute approximate surface area is 106 Å². The SMILES string of the molecule is CC(C)(O)c1cn(-c2ccc(F)cc2Br)nn1. The fourth-order valence-electron chi connectivity index (χ4n) is 1.33. The lowest BCUT2D eigenvalue weighted by Gasteiger charge is -2.11. The number of halogens is 2. The van der Waals surface area contributed by atoms with Gasteiger partial charge in [-0.05, 0) is 48.0 Å². The molecule has 2 rings (SSSR count). The van der Waals surface area contributed by atoms with E-state index < -0.39 is 5.60 Å². The molecule has 0 aliphatic rings. The predicted octanol–water partition coefficient (Wildman–Crippen LogP) is 2.40. The molecule has 0 saturated heterocycles. The monoisotopic (exact) mass is 299 g/mol. The number of rotatable bonds is 2. The van der Waals surface area contributed by atoms with Crippen molar-refractivity contribution in [1.82, 2.24) is 15.0 Å². The Morgan fingerprint density at radius 3 is 2.65 bits per heavy atom. The first-order valence-electron chi connectivity index (χ1n) is 4.98. The van der Waals surface area contributed by atoms with E-state index in [4.69, 9.17) is 0 Å². The van der Waals surface area contributed by atoms with Crippen molar-refractivity contribution < 1.29 is 9.50 Å². The molecule has 0 spiro atoms. The second-order valence-corrected chi connectivity index (χ2v) is 5.06. The molecule has 1 aromatic carbocycles. The van der Waals surface area contributed by atoms with Crippen LogP contribution in [0.1, 0.15) is 19.5 Å². The summed E-state index contributed by atoms with van der Waals surface area (Å²) >= 11 is 3.25. The number of aromatic nitrogens is 3. The molecule has 1 heterocycles. The first-order valence-corrected chi connectivity index (χ1v) is 5.78. The van der Waals surface area contributed by atoms with E-state index in [1.165, 1.54) is 16.8 Å². The number of aliphatic hydroxyl groups is 1. The maximum absolute atomic E-state index is 12.9. The molecule has 0 atom stereocenters. The van der Waals surface area contributed by atoms with Crippen molar-refractivity contribution in [3.05, 3.63) is 40.4 Å². The van der Waals surface area contributed by atoms with Gasteiger partial charge in [0.05, 0.1) is 11.9 Å². The number of hydrogen-bond donors (Lipinski definition) is 1. The smallest absolute Gasteiger partial charge is 0.124 e. The van der Waals surface area contributed by atoms with Crippen molar-refractivity contribution in [2.24, 2.45) is 0 Å². The highest BCUT2D eigenvalue weighted by Crippen LogP contribution is 2.23. The molecular weight excluding hydrogens is 289 g/mol. The maximum atomic E-state index is 12.9. The van der Waals surface area contributed by atoms with Crippen LogP contribution in [0.25, 0.3) is 5.69 Å². The largest absolute Gasteiger partial charge is 0.384 e. The first kappa shape index (κ1) is 12.2. The molecule has 0 fully saturated rings. The van der Waals surface area contributed by atoms with Crippen LogP contribution in [0, 0.1) is 5.82 Å². The van der Waals surface area contributed by atoms with Gasteiger partial charge in [-0.25, -0.2) is 9.07 Å². The average molecular weight is 300 g/mol. The summed E-state index contributed by atoms with van der Waals surface area (Å²) in [5, 5.41) is 17.5. The molecule has 0 saturated carbocycles. The summed E-state index contributed by atoms with van der Waals surface area (Å²) in [4.78, 5) is 0. The van der Waals surface area contributed by atoms with E-state index in [1.54, 1.807) is 26.1 Å². The lowest BCUT2D eigenvalue weighted by atomic mass is 10.1. The van der Waals surface area contributed by atoms with Crippen molar-refractivity contribution in [3.8, 4) is 5.69 Å². The number of hydrogen-bond acceptors (Lipinski definition) is 3. The molecule has 1 aromatic heterocycles. The Morgan fingerprint density at radius 1 is 1.41 bits per heavy atom. The van der Waals surface area contributed by atoms with Crippen molar-refractivity contribution in [3.63, 3.8) is 0 Å². The van der Waals surface area contributed by atoms with E-state index in [0.29, 0.717) is 15.9 Å². The zero-order valence-electron chi connectivity index (χ0n) is 9.35. The zero-order chi connectivity index (χ0) is 12.6. The van der Waals surface area contributed by atoms with Crippen LogP contribution in [0.5, 0.6) is 0 Å². The summed E-state index contributed by atoms with van der Waals surface area (Å²) in [5.74, 6) is -0.330. The van der Waals surface area contributed by atoms with Crippen molar-refractivity contribution >= 4 is 15.9 Å². The van der Waals surface area contributed by atoms with Gasteiger partial charge in [-0.3, -0.25) is 0 Å². The van der Waals surface area contributed by atoms with E-state index in [0.717, 1.165) is 0 Å². The number of nitrogens with zero attached hydrogens (tertiary/aromatic N) is 3. The third kappa shape index (κ3) is 2.53. The predicted molar refractivity (Wildman–Crippen MR) is 64.3 cm³/mol. The number of benzene rings is 1. The van der Waals surface area contributed by atoms with E-state index >= 15 is 0 Å². The van der Waals surface area contributed by atoms with E-state index in [-0.39, 0.29) is 5.82 Å². The summed E-state index contributed by atoms with van der Waals surface area (Å²) in [7, 11) is 0. The van der Waals surface area contributed by atoms with Gasteiger partial charge >= 0.3 is 0 Å². The van der Waals surface area contributed by atoms with Gasteiger partial charge < -0.3 is 5.11 Å². The molecule has 1 N–H and O–H groups in total. The van der Waals surface area contributed by atoms with Crippen LogP contribution >= 0.6 is 15.9 Å². The lowest BCUT2D eigenvalue weighted by Crippen LogP contribution is -2.15. The zero-order valence-corrected chi connectivity index (χ0v) is 10.9. The second-order valence-electron chi connectivity index (χ2n) is 4.20. The Bertz CT molecular complexity index is 548. The lowest BCUT2D eigenvalue weighted by molar-refractivity contribution is 0.0737. The molecule has 0 aliphatic carbocycles. The van der Waals surface area contributed by atoms with Crippen molar-refractivity contribution in [1.29, 1.82) is 0 Å². The normalized spacial score (nSPS) is 11.8. The Morgan fingerprint density at radius 2 is 2.12 bits per heavy atom. The van der Waals surface area contributed by atoms with Crippen LogP contribution in [0.4, 0.5) is 4.39 Å². The molecule has 0 unspecified atom stereocenters. The molecule has 17 heavy (non-hydrogen) atoms. The van der Waals surface area contributed by atoms with Gasteiger partial charge in [-0.1, -0.05) is 5.21 Å². The molecular formula is C11H11BrFN3O. The van der Waals surface area contributed by atoms with Crippen LogP contribution in [0.15, 0.2) is 28.9 Å². The molecule has 0 radical (unpaired) electrons. The summed E-state index contributed by atoms with van der Waals surface area (Å²) in [6.45, 7) is 3.25. The maximum Gasteiger partial charge on any atom is 0.124 e. The third-order valence-electron chi connectivity index (χ3n) is 2.28. The van der Waals surface area contributed by atoms with Gasteiger partial charge in [0.2, 0.25) is 0 Å². The van der Waals surface area contributed by atoms with Gasteiger partial charge in [-0.2, -0.15) is 0 Å². The quantitative estimate of drug-likeness (QED) is 0.926. The van der Waals surface area contributed by atoms with Gasteiger partial charge in [0.1, 0.15) is 17.1 Å². The highest BCUT2D eigenvalue weighted by molar-refractivity contribution is 9.10. The van der Waals surface area contributed by atoms with Gasteiger partial charge in [0.15, 0.2) is 0 Å². The minimum Gasteiger partial charge on any atom is -0.384 e. The molecule has 0 aliphatic heterocycles. The van der Waals surface area contributed by atoms with Gasteiger partial charge in [0.25, 0.3) is 0 Å². The Hall–Kier alpha value is -1.27. The molecule has 90 valence electrons. The Kier molecular flexibility index (Phi) is 3.01. The third-order valence-corrected chi connectivity index (χ3v) is 2.91. The summed E-state index contributed by atoms with van der Waals surface area (Å²) in [5.41, 5.74) is 0.0632. The van der Waals surface area contributed by atoms with Crippen LogP contribution in [0.3, 0.4) is 0 Å². The summed E-state index contributed by atoms with van der Waals surface area (Å²) in [6.07, 6.45) is 1.61. The molecule has 2 aromatic rings. The van der Waals surface area contributed by atoms with E-state index in [1.807, 2.05) is 0 Å². The minimum atomic E-state index is -1.05. The van der Waals surface area contributed by atoms with Crippen molar-refractivity contribution in [2.45, 2.75) is 19.4 Å². The standard InChI is InChI=1S/C11H11BrFN3O/c1-11(2,17)10-6-16(15-14-10)9-4-3-7(13)5-8(9)12/h3-6,17H,1-2H3. The first-order chi connectivity index (χ1) is 7.88. The molecule has 0 bridgehead atoms. The Balaban J connectivity index is 2.44. The second kappa shape index (κ2) is 4.19. The molecule has 0 amide bonds. The van der Waals surface area contributed by atoms with Crippen LogP contribution in [0.2, 0.25) is 0 Å². The molecule has 4 nitrogen and oxygen atoms in total. The fourth-order valence-corrected chi connectivity index (χ4v) is 1.86. The highest BCUT2D eigenvalue weighted by atomic mass is 79.9. The summed E-state index contributed by atoms with van der Waals surface area (Å²) in [6, 6.07) is 4.27. The topological polar surface area (TPSA) is 50.9 Å². The average Bonchev–Trinajstić information content (AvgIpc) is 2.65. The van der Waals surface area contributed by atoms with Crippen LogP contribution in [-0.4, -0.2) is 20.1 Å². The van der Waals surface area contributed by atoms with Crippen LogP contribution in [-0.2, 0) is 5.60 Å². The van der Waals surface area contributed by atoms with E-state index in [9.17, 15) is 9.50 Å². The van der Waals surface area contributed by atoms with Gasteiger partial charge in [0, 0.05) is 4.47 Å². The molecule has 6 heteroatoms. The van der Waals surface area contributed by atoms with E-state index in [2.05, 4.69) is 26.2 Å². The van der Waals surface area contributed by atoms with Gasteiger partial charge in [-0.15, -0.1) is 5.10 Å². The minimum absolute atomic E-state index is 0.330. The van der Waals surface area contributed by atoms with Crippen molar-refractivity contribution in [2.75, 3.05) is 0 Å². The fraction of sp³-hybridized carbons (Fsp3) is 0.273. The van der Waals surface area contributed by atoms with Crippen LogP contribution < -0.4 is 0 Å². The highest BCUT2D eigenvalue weighted by Gasteiger charge is 2.20.